The van der Waals surface area contributed by atoms with E-state index in [0.717, 1.165) is 38.9 Å². The molecule has 1 aromatic heterocycles. The summed E-state index contributed by atoms with van der Waals surface area (Å²) >= 11 is 0. The van der Waals surface area contributed by atoms with Crippen molar-refractivity contribution in [2.24, 2.45) is 0 Å². The molecule has 0 amide bonds. The first kappa shape index (κ1) is 21.5. The lowest BCUT2D eigenvalue weighted by atomic mass is 9.84. The van der Waals surface area contributed by atoms with Crippen molar-refractivity contribution in [3.63, 3.8) is 0 Å². The summed E-state index contributed by atoms with van der Waals surface area (Å²) in [6.45, 7) is 13.3. The lowest BCUT2D eigenvalue weighted by Crippen LogP contribution is -2.12. The number of rotatable bonds is 5. The number of hydrogen-bond donors (Lipinski definition) is 0. The smallest absolute Gasteiger partial charge is 0.154 e. The summed E-state index contributed by atoms with van der Waals surface area (Å²) in [6.07, 6.45) is 7.18. The summed E-state index contributed by atoms with van der Waals surface area (Å²) in [5.41, 5.74) is 1.29. The van der Waals surface area contributed by atoms with Crippen molar-refractivity contribution in [1.82, 2.24) is 4.98 Å². The minimum absolute atomic E-state index is 0.0370. The molecule has 1 aliphatic rings. The van der Waals surface area contributed by atoms with Crippen LogP contribution >= 0.6 is 0 Å². The van der Waals surface area contributed by atoms with Crippen molar-refractivity contribution >= 4 is 5.78 Å². The number of pyridine rings is 1. The zero-order chi connectivity index (χ0) is 17.5. The van der Waals surface area contributed by atoms with Gasteiger partial charge in [0.15, 0.2) is 6.29 Å². The molecule has 0 saturated heterocycles. The molecule has 0 bridgehead atoms. The van der Waals surface area contributed by atoms with Crippen molar-refractivity contribution in [2.75, 3.05) is 13.2 Å². The van der Waals surface area contributed by atoms with E-state index < -0.39 is 0 Å². The van der Waals surface area contributed by atoms with E-state index in [1.54, 1.807) is 6.20 Å². The highest BCUT2D eigenvalue weighted by atomic mass is 16.7. The third-order valence-corrected chi connectivity index (χ3v) is 3.50. The van der Waals surface area contributed by atoms with Gasteiger partial charge in [0.2, 0.25) is 0 Å². The van der Waals surface area contributed by atoms with Crippen LogP contribution < -0.4 is 0 Å². The van der Waals surface area contributed by atoms with E-state index in [-0.39, 0.29) is 6.29 Å². The van der Waals surface area contributed by atoms with Gasteiger partial charge in [0.05, 0.1) is 0 Å². The third-order valence-electron chi connectivity index (χ3n) is 3.50. The van der Waals surface area contributed by atoms with Crippen LogP contribution in [0.5, 0.6) is 0 Å². The highest BCUT2D eigenvalue weighted by molar-refractivity contribution is 5.79. The zero-order valence-electron chi connectivity index (χ0n) is 14.8. The van der Waals surface area contributed by atoms with Gasteiger partial charge in [-0.15, -0.1) is 13.2 Å². The Hall–Kier alpha value is -1.52. The maximum absolute atomic E-state index is 11.0. The van der Waals surface area contributed by atoms with Crippen molar-refractivity contribution in [3.05, 3.63) is 43.2 Å². The summed E-state index contributed by atoms with van der Waals surface area (Å²) < 4.78 is 10.1. The Morgan fingerprint density at radius 3 is 2.22 bits per heavy atom. The first-order valence-electron chi connectivity index (χ1n) is 8.32. The van der Waals surface area contributed by atoms with E-state index in [9.17, 15) is 4.79 Å². The van der Waals surface area contributed by atoms with Gasteiger partial charge in [-0.25, -0.2) is 0 Å². The van der Waals surface area contributed by atoms with Gasteiger partial charge in [0.25, 0.3) is 0 Å². The summed E-state index contributed by atoms with van der Waals surface area (Å²) in [7, 11) is 0. The van der Waals surface area contributed by atoms with E-state index in [4.69, 9.17) is 9.47 Å². The van der Waals surface area contributed by atoms with Gasteiger partial charge in [-0.1, -0.05) is 6.07 Å². The second-order valence-corrected chi connectivity index (χ2v) is 5.08. The molecule has 130 valence electrons. The first-order valence-corrected chi connectivity index (χ1v) is 8.32. The maximum atomic E-state index is 11.0. The van der Waals surface area contributed by atoms with Crippen LogP contribution in [0.25, 0.3) is 0 Å². The van der Waals surface area contributed by atoms with Crippen molar-refractivity contribution in [2.45, 2.75) is 58.7 Å². The molecule has 0 unspecified atom stereocenters. The minimum Gasteiger partial charge on any atom is -0.353 e. The Balaban J connectivity index is 0.000000421. The van der Waals surface area contributed by atoms with Crippen LogP contribution in [0.15, 0.2) is 37.7 Å². The van der Waals surface area contributed by atoms with Gasteiger partial charge in [0.1, 0.15) is 5.78 Å². The minimum atomic E-state index is -0.0370. The second-order valence-electron chi connectivity index (χ2n) is 5.08. The molecule has 2 rings (SSSR count). The molecule has 1 aromatic rings. The number of Topliss-reactive ketones (excluding diaryl/α,β-unsaturated/α-hetero) is 1. The van der Waals surface area contributed by atoms with Crippen molar-refractivity contribution in [3.8, 4) is 0 Å². The molecule has 1 fully saturated rings. The van der Waals surface area contributed by atoms with Crippen LogP contribution in [0, 0.1) is 0 Å². The molecule has 0 aliphatic heterocycles. The van der Waals surface area contributed by atoms with E-state index in [0.29, 0.717) is 11.7 Å². The second kappa shape index (κ2) is 14.1. The molecule has 1 saturated carbocycles. The van der Waals surface area contributed by atoms with Gasteiger partial charge in [0, 0.05) is 38.4 Å². The maximum Gasteiger partial charge on any atom is 0.154 e. The van der Waals surface area contributed by atoms with E-state index in [1.807, 2.05) is 33.0 Å². The Morgan fingerprint density at radius 1 is 1.22 bits per heavy atom. The molecule has 1 aliphatic carbocycles. The van der Waals surface area contributed by atoms with Crippen LogP contribution in [-0.4, -0.2) is 30.3 Å². The summed E-state index contributed by atoms with van der Waals surface area (Å²) in [6, 6.07) is 4.07. The third kappa shape index (κ3) is 9.97. The highest BCUT2D eigenvalue weighted by Gasteiger charge is 2.19. The molecule has 0 radical (unpaired) electrons. The lowest BCUT2D eigenvalue weighted by Gasteiger charge is -2.20. The Morgan fingerprint density at radius 2 is 1.78 bits per heavy atom. The van der Waals surface area contributed by atoms with Crippen molar-refractivity contribution in [1.29, 1.82) is 0 Å². The largest absolute Gasteiger partial charge is 0.353 e. The fourth-order valence-electron chi connectivity index (χ4n) is 2.41. The van der Waals surface area contributed by atoms with Gasteiger partial charge >= 0.3 is 0 Å². The zero-order valence-corrected chi connectivity index (χ0v) is 14.8. The molecule has 0 N–H and O–H groups in total. The number of ether oxygens (including phenoxy) is 2. The molecule has 4 nitrogen and oxygen atoms in total. The molecule has 0 aromatic carbocycles. The lowest BCUT2D eigenvalue weighted by molar-refractivity contribution is -0.123. The Bertz CT molecular complexity index is 392. The van der Waals surface area contributed by atoms with E-state index in [1.165, 1.54) is 5.56 Å². The topological polar surface area (TPSA) is 48.4 Å². The van der Waals surface area contributed by atoms with Gasteiger partial charge < -0.3 is 9.47 Å². The van der Waals surface area contributed by atoms with Gasteiger partial charge in [-0.3, -0.25) is 9.78 Å². The summed E-state index contributed by atoms with van der Waals surface area (Å²) in [4.78, 5) is 15.1. The average Bonchev–Trinajstić information content (AvgIpc) is 2.59. The van der Waals surface area contributed by atoms with Crippen LogP contribution in [0.4, 0.5) is 0 Å². The van der Waals surface area contributed by atoms with Crippen LogP contribution in [0.2, 0.25) is 0 Å². The number of aromatic nitrogens is 1. The SMILES string of the molecule is C=C.CCOC(C)OCC.O=C1CCC(c2cccnc2)CC1. The van der Waals surface area contributed by atoms with Crippen LogP contribution in [0.3, 0.4) is 0 Å². The standard InChI is InChI=1S/C11H13NO.C6H14O2.C2H4/c13-11-5-3-9(4-6-11)10-2-1-7-12-8-10;1-4-7-6(3)8-5-2;1-2/h1-2,7-9H,3-6H2;6H,4-5H2,1-3H3;1-2H2. The average molecular weight is 321 g/mol. The molecule has 4 heteroatoms. The highest BCUT2D eigenvalue weighted by Crippen LogP contribution is 2.30. The van der Waals surface area contributed by atoms with Crippen LogP contribution in [-0.2, 0) is 14.3 Å². The quantitative estimate of drug-likeness (QED) is 0.591. The fourth-order valence-corrected chi connectivity index (χ4v) is 2.41. The Labute approximate surface area is 140 Å². The van der Waals surface area contributed by atoms with Gasteiger partial charge in [-0.05, 0) is 51.2 Å². The van der Waals surface area contributed by atoms with Crippen molar-refractivity contribution < 1.29 is 14.3 Å². The number of hydrogen-bond acceptors (Lipinski definition) is 4. The Kier molecular flexibility index (Phi) is 13.2. The van der Waals surface area contributed by atoms with E-state index >= 15 is 0 Å². The number of nitrogens with zero attached hydrogens (tertiary/aromatic N) is 1. The predicted molar refractivity (Wildman–Crippen MR) is 94.4 cm³/mol. The van der Waals surface area contributed by atoms with E-state index in [2.05, 4.69) is 24.2 Å². The molecule has 23 heavy (non-hydrogen) atoms. The molecular formula is C19H31NO3. The molecular weight excluding hydrogens is 290 g/mol. The monoisotopic (exact) mass is 321 g/mol. The summed E-state index contributed by atoms with van der Waals surface area (Å²) in [5.74, 6) is 0.978. The van der Waals surface area contributed by atoms with Gasteiger partial charge in [-0.2, -0.15) is 0 Å². The van der Waals surface area contributed by atoms with Crippen LogP contribution in [0.1, 0.15) is 57.9 Å². The number of carbonyl (C=O) groups is 1. The molecule has 0 spiro atoms. The summed E-state index contributed by atoms with van der Waals surface area (Å²) in [5, 5.41) is 0. The predicted octanol–water partition coefficient (Wildman–Crippen LogP) is 4.52. The molecule has 0 atom stereocenters. The first-order chi connectivity index (χ1) is 11.2. The molecule has 1 heterocycles. The normalized spacial score (nSPS) is 14.5. The fraction of sp³-hybridized carbons (Fsp3) is 0.579. The number of ketones is 1. The number of carbonyl (C=O) groups excluding carboxylic acids is 1.